The summed E-state index contributed by atoms with van der Waals surface area (Å²) in [7, 11) is 0. The molecule has 0 aromatic heterocycles. The number of rotatable bonds is 5. The lowest BCUT2D eigenvalue weighted by Crippen LogP contribution is -2.36. The van der Waals surface area contributed by atoms with E-state index in [2.05, 4.69) is 5.32 Å². The number of hydrogen-bond donors (Lipinski definition) is 3. The standard InChI is InChI=1S/C14H17NO5/c16-11(14(18)19)5-7-15-13(17)12-10-4-2-1-3-9(10)6-8-20-12/h1-4,11-12,16H,5-8H2,(H,15,17)(H,18,19)/t11-,12?/m0/s1. The van der Waals surface area contributed by atoms with Gasteiger partial charge in [-0.05, 0) is 17.5 Å². The van der Waals surface area contributed by atoms with Gasteiger partial charge >= 0.3 is 5.97 Å². The van der Waals surface area contributed by atoms with Crippen LogP contribution < -0.4 is 5.32 Å². The van der Waals surface area contributed by atoms with Gasteiger partial charge in [-0.2, -0.15) is 0 Å². The number of hydrogen-bond acceptors (Lipinski definition) is 4. The lowest BCUT2D eigenvalue weighted by Gasteiger charge is -2.25. The fourth-order valence-electron chi connectivity index (χ4n) is 2.16. The zero-order valence-corrected chi connectivity index (χ0v) is 10.9. The molecule has 3 N–H and O–H groups in total. The van der Waals surface area contributed by atoms with E-state index in [1.165, 1.54) is 0 Å². The lowest BCUT2D eigenvalue weighted by molar-refractivity contribution is -0.147. The molecule has 108 valence electrons. The number of aliphatic hydroxyl groups is 1. The van der Waals surface area contributed by atoms with Gasteiger partial charge in [-0.15, -0.1) is 0 Å². The molecule has 0 bridgehead atoms. The fourth-order valence-corrected chi connectivity index (χ4v) is 2.16. The zero-order valence-electron chi connectivity index (χ0n) is 10.9. The topological polar surface area (TPSA) is 95.9 Å². The first-order chi connectivity index (χ1) is 9.59. The fraction of sp³-hybridized carbons (Fsp3) is 0.429. The number of fused-ring (bicyclic) bond motifs is 1. The molecule has 0 fully saturated rings. The average molecular weight is 279 g/mol. The Labute approximate surface area is 116 Å². The van der Waals surface area contributed by atoms with Crippen LogP contribution in [-0.4, -0.2) is 41.3 Å². The molecular weight excluding hydrogens is 262 g/mol. The molecule has 2 rings (SSSR count). The Hall–Kier alpha value is -1.92. The predicted molar refractivity (Wildman–Crippen MR) is 70.1 cm³/mol. The van der Waals surface area contributed by atoms with Crippen LogP contribution >= 0.6 is 0 Å². The van der Waals surface area contributed by atoms with Crippen molar-refractivity contribution in [3.05, 3.63) is 35.4 Å². The van der Waals surface area contributed by atoms with Gasteiger partial charge in [0.25, 0.3) is 5.91 Å². The smallest absolute Gasteiger partial charge is 0.332 e. The van der Waals surface area contributed by atoms with Gasteiger partial charge in [0.1, 0.15) is 0 Å². The Bertz CT molecular complexity index is 502. The largest absolute Gasteiger partial charge is 0.479 e. The van der Waals surface area contributed by atoms with Crippen LogP contribution in [0.2, 0.25) is 0 Å². The van der Waals surface area contributed by atoms with Crippen LogP contribution in [0, 0.1) is 0 Å². The highest BCUT2D eigenvalue weighted by atomic mass is 16.5. The zero-order chi connectivity index (χ0) is 14.5. The molecule has 20 heavy (non-hydrogen) atoms. The van der Waals surface area contributed by atoms with Gasteiger partial charge in [0.05, 0.1) is 6.61 Å². The first-order valence-corrected chi connectivity index (χ1v) is 6.47. The van der Waals surface area contributed by atoms with Crippen LogP contribution in [0.5, 0.6) is 0 Å². The maximum atomic E-state index is 12.0. The quantitative estimate of drug-likeness (QED) is 0.718. The van der Waals surface area contributed by atoms with E-state index in [-0.39, 0.29) is 18.9 Å². The van der Waals surface area contributed by atoms with Crippen LogP contribution in [0.25, 0.3) is 0 Å². The van der Waals surface area contributed by atoms with Crippen LogP contribution in [0.1, 0.15) is 23.7 Å². The summed E-state index contributed by atoms with van der Waals surface area (Å²) < 4.78 is 5.48. The van der Waals surface area contributed by atoms with Gasteiger partial charge in [0.15, 0.2) is 12.2 Å². The van der Waals surface area contributed by atoms with Crippen molar-refractivity contribution < 1.29 is 24.5 Å². The molecule has 6 heteroatoms. The van der Waals surface area contributed by atoms with E-state index in [9.17, 15) is 9.59 Å². The Morgan fingerprint density at radius 3 is 2.90 bits per heavy atom. The van der Waals surface area contributed by atoms with Crippen molar-refractivity contribution >= 4 is 11.9 Å². The van der Waals surface area contributed by atoms with Crippen molar-refractivity contribution in [3.63, 3.8) is 0 Å². The third-order valence-corrected chi connectivity index (χ3v) is 3.23. The van der Waals surface area contributed by atoms with E-state index >= 15 is 0 Å². The second kappa shape index (κ2) is 6.49. The molecule has 1 heterocycles. The van der Waals surface area contributed by atoms with E-state index in [1.54, 1.807) is 0 Å². The van der Waals surface area contributed by atoms with Crippen LogP contribution in [-0.2, 0) is 20.7 Å². The first kappa shape index (κ1) is 14.5. The molecule has 1 amide bonds. The monoisotopic (exact) mass is 279 g/mol. The third-order valence-electron chi connectivity index (χ3n) is 3.23. The van der Waals surface area contributed by atoms with Gasteiger partial charge < -0.3 is 20.3 Å². The Morgan fingerprint density at radius 2 is 2.15 bits per heavy atom. The number of nitrogens with one attached hydrogen (secondary N) is 1. The summed E-state index contributed by atoms with van der Waals surface area (Å²) in [5, 5.41) is 20.3. The minimum atomic E-state index is -1.46. The average Bonchev–Trinajstić information content (AvgIpc) is 2.46. The lowest BCUT2D eigenvalue weighted by atomic mass is 9.97. The van der Waals surface area contributed by atoms with Crippen molar-refractivity contribution in [1.82, 2.24) is 5.32 Å². The Balaban J connectivity index is 1.92. The summed E-state index contributed by atoms with van der Waals surface area (Å²) in [4.78, 5) is 22.5. The molecular formula is C14H17NO5. The molecule has 1 aromatic rings. The van der Waals surface area contributed by atoms with Gasteiger partial charge in [0, 0.05) is 13.0 Å². The number of carbonyl (C=O) groups excluding carboxylic acids is 1. The Morgan fingerprint density at radius 1 is 1.40 bits per heavy atom. The highest BCUT2D eigenvalue weighted by Crippen LogP contribution is 2.26. The molecule has 1 unspecified atom stereocenters. The normalized spacial score (nSPS) is 18.9. The van der Waals surface area contributed by atoms with Crippen molar-refractivity contribution in [2.75, 3.05) is 13.2 Å². The molecule has 6 nitrogen and oxygen atoms in total. The molecule has 1 aliphatic rings. The van der Waals surface area contributed by atoms with E-state index in [1.807, 2.05) is 24.3 Å². The maximum absolute atomic E-state index is 12.0. The number of carbonyl (C=O) groups is 2. The van der Waals surface area contributed by atoms with Gasteiger partial charge in [-0.1, -0.05) is 24.3 Å². The van der Waals surface area contributed by atoms with E-state index < -0.39 is 18.2 Å². The number of amides is 1. The van der Waals surface area contributed by atoms with Crippen LogP contribution in [0.3, 0.4) is 0 Å². The van der Waals surface area contributed by atoms with Crippen molar-refractivity contribution in [3.8, 4) is 0 Å². The second-order valence-electron chi connectivity index (χ2n) is 4.63. The highest BCUT2D eigenvalue weighted by Gasteiger charge is 2.27. The summed E-state index contributed by atoms with van der Waals surface area (Å²) in [5.41, 5.74) is 1.93. The summed E-state index contributed by atoms with van der Waals surface area (Å²) >= 11 is 0. The first-order valence-electron chi connectivity index (χ1n) is 6.47. The summed E-state index contributed by atoms with van der Waals surface area (Å²) in [6, 6.07) is 7.58. The van der Waals surface area contributed by atoms with Crippen LogP contribution in [0.15, 0.2) is 24.3 Å². The second-order valence-corrected chi connectivity index (χ2v) is 4.63. The third kappa shape index (κ3) is 3.34. The number of benzene rings is 1. The molecule has 1 aromatic carbocycles. The summed E-state index contributed by atoms with van der Waals surface area (Å²) in [5.74, 6) is -1.60. The van der Waals surface area contributed by atoms with Gasteiger partial charge in [0.2, 0.25) is 0 Å². The van der Waals surface area contributed by atoms with Crippen molar-refractivity contribution in [2.24, 2.45) is 0 Å². The minimum absolute atomic E-state index is 0.0323. The van der Waals surface area contributed by atoms with Gasteiger partial charge in [-0.25, -0.2) is 4.79 Å². The number of ether oxygens (including phenoxy) is 1. The Kier molecular flexibility index (Phi) is 4.70. The molecule has 0 radical (unpaired) electrons. The van der Waals surface area contributed by atoms with Gasteiger partial charge in [-0.3, -0.25) is 4.79 Å². The molecule has 0 saturated carbocycles. The van der Waals surface area contributed by atoms with Crippen molar-refractivity contribution in [2.45, 2.75) is 25.0 Å². The number of aliphatic carboxylic acids is 1. The molecule has 0 spiro atoms. The number of aliphatic hydroxyl groups excluding tert-OH is 1. The van der Waals surface area contributed by atoms with E-state index in [0.29, 0.717) is 6.61 Å². The SMILES string of the molecule is O=C(NCC[C@H](O)C(=O)O)C1OCCc2ccccc21. The summed E-state index contributed by atoms with van der Waals surface area (Å²) in [6.45, 7) is 0.571. The minimum Gasteiger partial charge on any atom is -0.479 e. The van der Waals surface area contributed by atoms with Crippen molar-refractivity contribution in [1.29, 1.82) is 0 Å². The summed E-state index contributed by atoms with van der Waals surface area (Å²) in [6.07, 6.45) is -1.38. The predicted octanol–water partition coefficient (Wildman–Crippen LogP) is 0.252. The van der Waals surface area contributed by atoms with Crippen LogP contribution in [0.4, 0.5) is 0 Å². The molecule has 0 aliphatic carbocycles. The molecule has 2 atom stereocenters. The molecule has 0 saturated heterocycles. The molecule has 1 aliphatic heterocycles. The highest BCUT2D eigenvalue weighted by molar-refractivity contribution is 5.83. The number of carboxylic acids is 1. The van der Waals surface area contributed by atoms with E-state index in [0.717, 1.165) is 17.5 Å². The van der Waals surface area contributed by atoms with E-state index in [4.69, 9.17) is 14.9 Å². The number of carboxylic acid groups (broad SMARTS) is 1. The maximum Gasteiger partial charge on any atom is 0.332 e.